The fourth-order valence-electron chi connectivity index (χ4n) is 2.21. The van der Waals surface area contributed by atoms with Crippen LogP contribution in [-0.2, 0) is 19.0 Å². The van der Waals surface area contributed by atoms with E-state index in [9.17, 15) is 4.79 Å². The Labute approximate surface area is 120 Å². The number of hydrogen-bond acceptors (Lipinski definition) is 4. The van der Waals surface area contributed by atoms with E-state index >= 15 is 0 Å². The highest BCUT2D eigenvalue weighted by atomic mass is 35.5. The maximum absolute atomic E-state index is 11.8. The van der Waals surface area contributed by atoms with Crippen LogP contribution in [0.15, 0.2) is 0 Å². The van der Waals surface area contributed by atoms with Gasteiger partial charge in [-0.15, -0.1) is 11.6 Å². The van der Waals surface area contributed by atoms with Crippen LogP contribution in [0.1, 0.15) is 53.9 Å². The van der Waals surface area contributed by atoms with Crippen molar-refractivity contribution in [2.24, 2.45) is 0 Å². The molecule has 1 aliphatic rings. The lowest BCUT2D eigenvalue weighted by Crippen LogP contribution is -2.45. The second kappa shape index (κ2) is 6.42. The minimum atomic E-state index is -0.679. The molecule has 19 heavy (non-hydrogen) atoms. The fraction of sp³-hybridized carbons (Fsp3) is 0.929. The van der Waals surface area contributed by atoms with Gasteiger partial charge in [0.1, 0.15) is 5.60 Å². The van der Waals surface area contributed by atoms with Crippen molar-refractivity contribution in [1.82, 2.24) is 0 Å². The third kappa shape index (κ3) is 6.59. The normalized spacial score (nSPS) is 27.1. The van der Waals surface area contributed by atoms with Gasteiger partial charge in [0.25, 0.3) is 0 Å². The predicted molar refractivity (Wildman–Crippen MR) is 74.2 cm³/mol. The minimum Gasteiger partial charge on any atom is -0.460 e. The first-order chi connectivity index (χ1) is 8.61. The number of hydrogen-bond donors (Lipinski definition) is 0. The molecule has 0 saturated carbocycles. The highest BCUT2D eigenvalue weighted by Gasteiger charge is 2.36. The lowest BCUT2D eigenvalue weighted by atomic mass is 10.0. The van der Waals surface area contributed by atoms with Crippen LogP contribution in [0.25, 0.3) is 0 Å². The Morgan fingerprint density at radius 2 is 1.89 bits per heavy atom. The van der Waals surface area contributed by atoms with Gasteiger partial charge in [0.15, 0.2) is 5.79 Å². The van der Waals surface area contributed by atoms with Crippen molar-refractivity contribution in [2.45, 2.75) is 77.5 Å². The van der Waals surface area contributed by atoms with Crippen LogP contribution in [0.5, 0.6) is 0 Å². The van der Waals surface area contributed by atoms with Gasteiger partial charge in [0.2, 0.25) is 0 Å². The standard InChI is InChI=1S/C14H25ClO4/c1-13(2,3)19-12(16)9-11-8-10(6-7-15)17-14(4,5)18-11/h10-11H,6-9H2,1-5H3/t10-,11-/m1/s1. The van der Waals surface area contributed by atoms with E-state index in [0.29, 0.717) is 12.3 Å². The van der Waals surface area contributed by atoms with Gasteiger partial charge in [-0.05, 0) is 41.0 Å². The third-order valence-electron chi connectivity index (χ3n) is 2.67. The van der Waals surface area contributed by atoms with Crippen LogP contribution in [0.4, 0.5) is 0 Å². The molecule has 112 valence electrons. The number of alkyl halides is 1. The van der Waals surface area contributed by atoms with Gasteiger partial charge in [-0.3, -0.25) is 4.79 Å². The summed E-state index contributed by atoms with van der Waals surface area (Å²) in [6.07, 6.45) is 1.55. The largest absolute Gasteiger partial charge is 0.460 e. The van der Waals surface area contributed by atoms with E-state index in [1.54, 1.807) is 0 Å². The Kier molecular flexibility index (Phi) is 5.65. The Hall–Kier alpha value is -0.320. The van der Waals surface area contributed by atoms with Gasteiger partial charge in [-0.1, -0.05) is 0 Å². The molecule has 0 N–H and O–H groups in total. The molecular formula is C14H25ClO4. The van der Waals surface area contributed by atoms with E-state index in [4.69, 9.17) is 25.8 Å². The molecule has 0 spiro atoms. The third-order valence-corrected chi connectivity index (χ3v) is 2.89. The molecule has 1 fully saturated rings. The molecule has 5 heteroatoms. The van der Waals surface area contributed by atoms with Crippen molar-refractivity contribution < 1.29 is 19.0 Å². The molecule has 1 heterocycles. The molecule has 0 aromatic heterocycles. The van der Waals surface area contributed by atoms with Crippen LogP contribution in [0.3, 0.4) is 0 Å². The number of rotatable bonds is 4. The van der Waals surface area contributed by atoms with Crippen molar-refractivity contribution in [3.8, 4) is 0 Å². The van der Waals surface area contributed by atoms with Crippen molar-refractivity contribution in [3.05, 3.63) is 0 Å². The second-order valence-electron chi connectivity index (χ2n) is 6.38. The fourth-order valence-corrected chi connectivity index (χ4v) is 2.46. The van der Waals surface area contributed by atoms with Gasteiger partial charge in [-0.2, -0.15) is 0 Å². The Balaban J connectivity index is 2.54. The first-order valence-corrected chi connectivity index (χ1v) is 7.28. The molecule has 0 aromatic rings. The molecule has 1 rings (SSSR count). The summed E-state index contributed by atoms with van der Waals surface area (Å²) in [6.45, 7) is 9.28. The molecule has 0 aromatic carbocycles. The maximum atomic E-state index is 11.8. The van der Waals surface area contributed by atoms with Crippen LogP contribution in [0, 0.1) is 0 Å². The van der Waals surface area contributed by atoms with E-state index in [2.05, 4.69) is 0 Å². The first-order valence-electron chi connectivity index (χ1n) is 6.75. The summed E-state index contributed by atoms with van der Waals surface area (Å²) in [5, 5.41) is 0. The smallest absolute Gasteiger partial charge is 0.308 e. The molecular weight excluding hydrogens is 268 g/mol. The predicted octanol–water partition coefficient (Wildman–Crippen LogP) is 3.26. The molecule has 0 unspecified atom stereocenters. The van der Waals surface area contributed by atoms with E-state index in [1.165, 1.54) is 0 Å². The average Bonchev–Trinajstić information content (AvgIpc) is 2.10. The number of carbonyl (C=O) groups is 1. The summed E-state index contributed by atoms with van der Waals surface area (Å²) in [5.41, 5.74) is -0.465. The van der Waals surface area contributed by atoms with Crippen LogP contribution in [0.2, 0.25) is 0 Å². The van der Waals surface area contributed by atoms with Crippen molar-refractivity contribution in [2.75, 3.05) is 5.88 Å². The van der Waals surface area contributed by atoms with Crippen LogP contribution >= 0.6 is 11.6 Å². The van der Waals surface area contributed by atoms with Crippen molar-refractivity contribution in [1.29, 1.82) is 0 Å². The summed E-state index contributed by atoms with van der Waals surface area (Å²) in [7, 11) is 0. The molecule has 0 aliphatic carbocycles. The summed E-state index contributed by atoms with van der Waals surface area (Å²) in [5.74, 6) is -0.374. The zero-order chi connectivity index (χ0) is 14.7. The lowest BCUT2D eigenvalue weighted by Gasteiger charge is -2.40. The topological polar surface area (TPSA) is 44.8 Å². The Bertz CT molecular complexity index is 309. The SMILES string of the molecule is CC(C)(C)OC(=O)C[C@H]1C[C@@H](CCCl)OC(C)(C)O1. The molecule has 1 aliphatic heterocycles. The number of ether oxygens (including phenoxy) is 3. The highest BCUT2D eigenvalue weighted by Crippen LogP contribution is 2.30. The highest BCUT2D eigenvalue weighted by molar-refractivity contribution is 6.17. The molecule has 4 nitrogen and oxygen atoms in total. The summed E-state index contributed by atoms with van der Waals surface area (Å²) in [6, 6.07) is 0. The van der Waals surface area contributed by atoms with Gasteiger partial charge in [0, 0.05) is 12.3 Å². The number of esters is 1. The Morgan fingerprint density at radius 1 is 1.32 bits per heavy atom. The number of carbonyl (C=O) groups excluding carboxylic acids is 1. The molecule has 1 saturated heterocycles. The Morgan fingerprint density at radius 3 is 2.42 bits per heavy atom. The van der Waals surface area contributed by atoms with E-state index in [-0.39, 0.29) is 24.6 Å². The molecule has 0 amide bonds. The van der Waals surface area contributed by atoms with Gasteiger partial charge in [-0.25, -0.2) is 0 Å². The molecule has 0 radical (unpaired) electrons. The lowest BCUT2D eigenvalue weighted by molar-refractivity contribution is -0.300. The average molecular weight is 293 g/mol. The van der Waals surface area contributed by atoms with Crippen molar-refractivity contribution in [3.63, 3.8) is 0 Å². The van der Waals surface area contributed by atoms with Crippen LogP contribution < -0.4 is 0 Å². The second-order valence-corrected chi connectivity index (χ2v) is 6.76. The summed E-state index contributed by atoms with van der Waals surface area (Å²) >= 11 is 5.76. The maximum Gasteiger partial charge on any atom is 0.308 e. The number of halogens is 1. The minimum absolute atomic E-state index is 0.0358. The van der Waals surface area contributed by atoms with Crippen LogP contribution in [-0.4, -0.2) is 35.4 Å². The molecule has 0 bridgehead atoms. The molecule has 2 atom stereocenters. The zero-order valence-corrected chi connectivity index (χ0v) is 13.3. The quantitative estimate of drug-likeness (QED) is 0.589. The van der Waals surface area contributed by atoms with Gasteiger partial charge >= 0.3 is 5.97 Å². The van der Waals surface area contributed by atoms with E-state index in [0.717, 1.165) is 6.42 Å². The van der Waals surface area contributed by atoms with E-state index < -0.39 is 11.4 Å². The van der Waals surface area contributed by atoms with Gasteiger partial charge < -0.3 is 14.2 Å². The van der Waals surface area contributed by atoms with E-state index in [1.807, 2.05) is 34.6 Å². The zero-order valence-electron chi connectivity index (χ0n) is 12.5. The summed E-state index contributed by atoms with van der Waals surface area (Å²) < 4.78 is 16.9. The first kappa shape index (κ1) is 16.7. The summed E-state index contributed by atoms with van der Waals surface area (Å²) in [4.78, 5) is 11.8. The van der Waals surface area contributed by atoms with Crippen molar-refractivity contribution >= 4 is 17.6 Å². The van der Waals surface area contributed by atoms with Gasteiger partial charge in [0.05, 0.1) is 18.6 Å². The monoisotopic (exact) mass is 292 g/mol.